The van der Waals surface area contributed by atoms with Gasteiger partial charge in [-0.1, -0.05) is 6.92 Å². The Hall–Kier alpha value is -1.92. The molecule has 22 heavy (non-hydrogen) atoms. The van der Waals surface area contributed by atoms with Crippen LogP contribution in [0.5, 0.6) is 0 Å². The van der Waals surface area contributed by atoms with E-state index >= 15 is 0 Å². The van der Waals surface area contributed by atoms with Crippen molar-refractivity contribution < 1.29 is 9.59 Å². The third-order valence-electron chi connectivity index (χ3n) is 2.75. The van der Waals surface area contributed by atoms with Crippen LogP contribution in [0.4, 0.5) is 11.4 Å². The fourth-order valence-corrected chi connectivity index (χ4v) is 2.97. The molecular weight excluding hydrogens is 364 g/mol. The number of carbonyl (C=O) groups is 2. The van der Waals surface area contributed by atoms with E-state index in [9.17, 15) is 9.59 Å². The van der Waals surface area contributed by atoms with E-state index in [-0.39, 0.29) is 11.8 Å². The molecule has 0 saturated carbocycles. The molecule has 1 aromatic carbocycles. The third-order valence-corrected chi connectivity index (χ3v) is 4.34. The number of carbonyl (C=O) groups excluding carboxylic acids is 2. The van der Waals surface area contributed by atoms with Gasteiger partial charge in [-0.2, -0.15) is 0 Å². The Bertz CT molecular complexity index is 692. The summed E-state index contributed by atoms with van der Waals surface area (Å²) in [5.74, 6) is -0.239. The summed E-state index contributed by atoms with van der Waals surface area (Å²) in [5, 5.41) is 5.52. The van der Waals surface area contributed by atoms with Gasteiger partial charge in [-0.15, -0.1) is 11.3 Å². The summed E-state index contributed by atoms with van der Waals surface area (Å²) in [6.45, 7) is 1.79. The Morgan fingerprint density at radius 3 is 2.27 bits per heavy atom. The quantitative estimate of drug-likeness (QED) is 0.751. The molecule has 2 amide bonds. The van der Waals surface area contributed by atoms with Crippen molar-refractivity contribution in [2.75, 3.05) is 10.6 Å². The Morgan fingerprint density at radius 1 is 1.09 bits per heavy atom. The van der Waals surface area contributed by atoms with Crippen molar-refractivity contribution in [3.05, 3.63) is 51.1 Å². The zero-order valence-corrected chi connectivity index (χ0v) is 14.3. The van der Waals surface area contributed by atoms with Gasteiger partial charge in [0.1, 0.15) is 0 Å². The van der Waals surface area contributed by atoms with Crippen molar-refractivity contribution in [3.63, 3.8) is 0 Å². The minimum absolute atomic E-state index is 0.0400. The third kappa shape index (κ3) is 5.13. The van der Waals surface area contributed by atoms with Gasteiger partial charge in [0.05, 0.1) is 3.79 Å². The lowest BCUT2D eigenvalue weighted by atomic mass is 10.2. The Balaban J connectivity index is 1.91. The van der Waals surface area contributed by atoms with Crippen LogP contribution in [-0.4, -0.2) is 11.8 Å². The zero-order chi connectivity index (χ0) is 15.9. The second-order valence-corrected chi connectivity index (χ2v) is 6.94. The van der Waals surface area contributed by atoms with E-state index in [1.54, 1.807) is 48.6 Å². The predicted molar refractivity (Wildman–Crippen MR) is 95.0 cm³/mol. The maximum absolute atomic E-state index is 11.8. The van der Waals surface area contributed by atoms with Crippen molar-refractivity contribution in [2.24, 2.45) is 0 Å². The number of halogens is 1. The number of benzene rings is 1. The first kappa shape index (κ1) is 16.5. The predicted octanol–water partition coefficient (Wildman–Crippen LogP) is 4.51. The number of rotatable bonds is 5. The number of amides is 2. The number of nitrogens with one attached hydrogen (secondary N) is 2. The summed E-state index contributed by atoms with van der Waals surface area (Å²) >= 11 is 4.93. The van der Waals surface area contributed by atoms with Gasteiger partial charge in [-0.25, -0.2) is 0 Å². The van der Waals surface area contributed by atoms with Crippen LogP contribution in [0, 0.1) is 0 Å². The van der Waals surface area contributed by atoms with E-state index in [1.807, 2.05) is 12.1 Å². The summed E-state index contributed by atoms with van der Waals surface area (Å²) in [5.41, 5.74) is 1.39. The highest BCUT2D eigenvalue weighted by Gasteiger charge is 2.01. The molecule has 0 radical (unpaired) electrons. The fraction of sp³-hybridized carbons (Fsp3) is 0.125. The summed E-state index contributed by atoms with van der Waals surface area (Å²) in [4.78, 5) is 24.1. The van der Waals surface area contributed by atoms with Gasteiger partial charge < -0.3 is 10.6 Å². The molecule has 0 saturated heterocycles. The van der Waals surface area contributed by atoms with Crippen LogP contribution in [0.2, 0.25) is 0 Å². The van der Waals surface area contributed by atoms with E-state index in [1.165, 1.54) is 6.08 Å². The van der Waals surface area contributed by atoms with Crippen molar-refractivity contribution in [3.8, 4) is 0 Å². The van der Waals surface area contributed by atoms with E-state index in [0.29, 0.717) is 17.8 Å². The summed E-state index contributed by atoms with van der Waals surface area (Å²) < 4.78 is 1.03. The minimum Gasteiger partial charge on any atom is -0.326 e. The first-order chi connectivity index (χ1) is 10.6. The van der Waals surface area contributed by atoms with Crippen LogP contribution in [0.15, 0.2) is 46.3 Å². The van der Waals surface area contributed by atoms with Gasteiger partial charge in [0, 0.05) is 28.7 Å². The second kappa shape index (κ2) is 7.91. The molecular formula is C16H15BrN2O2S. The molecule has 2 rings (SSSR count). The molecule has 0 unspecified atom stereocenters. The maximum Gasteiger partial charge on any atom is 0.248 e. The molecule has 0 fully saturated rings. The molecule has 0 aliphatic carbocycles. The Labute approximate surface area is 141 Å². The summed E-state index contributed by atoms with van der Waals surface area (Å²) in [6.07, 6.45) is 3.69. The van der Waals surface area contributed by atoms with Crippen LogP contribution in [-0.2, 0) is 9.59 Å². The van der Waals surface area contributed by atoms with Gasteiger partial charge in [-0.3, -0.25) is 9.59 Å². The van der Waals surface area contributed by atoms with E-state index in [2.05, 4.69) is 26.6 Å². The normalized spacial score (nSPS) is 10.6. The van der Waals surface area contributed by atoms with Crippen molar-refractivity contribution >= 4 is 56.5 Å². The Kier molecular flexibility index (Phi) is 5.91. The monoisotopic (exact) mass is 378 g/mol. The van der Waals surface area contributed by atoms with Crippen molar-refractivity contribution in [1.82, 2.24) is 0 Å². The van der Waals surface area contributed by atoms with Gasteiger partial charge in [0.15, 0.2) is 0 Å². The van der Waals surface area contributed by atoms with Gasteiger partial charge >= 0.3 is 0 Å². The van der Waals surface area contributed by atoms with Crippen LogP contribution in [0.3, 0.4) is 0 Å². The molecule has 1 heterocycles. The number of hydrogen-bond donors (Lipinski definition) is 2. The molecule has 2 aromatic rings. The van der Waals surface area contributed by atoms with E-state index in [4.69, 9.17) is 0 Å². The molecule has 4 nitrogen and oxygen atoms in total. The summed E-state index contributed by atoms with van der Waals surface area (Å²) in [6, 6.07) is 10.9. The first-order valence-electron chi connectivity index (χ1n) is 6.71. The van der Waals surface area contributed by atoms with E-state index in [0.717, 1.165) is 8.66 Å². The minimum atomic E-state index is -0.199. The second-order valence-electron chi connectivity index (χ2n) is 4.44. The van der Waals surface area contributed by atoms with E-state index < -0.39 is 0 Å². The number of anilines is 2. The largest absolute Gasteiger partial charge is 0.326 e. The molecule has 0 spiro atoms. The van der Waals surface area contributed by atoms with Crippen LogP contribution >= 0.6 is 27.3 Å². The molecule has 2 N–H and O–H groups in total. The molecule has 114 valence electrons. The average molecular weight is 379 g/mol. The molecule has 1 aromatic heterocycles. The van der Waals surface area contributed by atoms with Crippen LogP contribution < -0.4 is 10.6 Å². The highest BCUT2D eigenvalue weighted by Crippen LogP contribution is 2.23. The molecule has 0 bridgehead atoms. The van der Waals surface area contributed by atoms with Crippen molar-refractivity contribution in [1.29, 1.82) is 0 Å². The highest BCUT2D eigenvalue weighted by molar-refractivity contribution is 9.11. The smallest absolute Gasteiger partial charge is 0.248 e. The molecule has 0 aliphatic heterocycles. The SMILES string of the molecule is CCC(=O)Nc1ccc(NC(=O)/C=C/c2ccc(Br)s2)cc1. The van der Waals surface area contributed by atoms with Crippen LogP contribution in [0.25, 0.3) is 6.08 Å². The first-order valence-corrected chi connectivity index (χ1v) is 8.32. The maximum atomic E-state index is 11.8. The average Bonchev–Trinajstić information content (AvgIpc) is 2.92. The van der Waals surface area contributed by atoms with Gasteiger partial charge in [-0.05, 0) is 58.4 Å². The zero-order valence-electron chi connectivity index (χ0n) is 11.9. The van der Waals surface area contributed by atoms with Gasteiger partial charge in [0.2, 0.25) is 11.8 Å². The summed E-state index contributed by atoms with van der Waals surface area (Å²) in [7, 11) is 0. The number of thiophene rings is 1. The van der Waals surface area contributed by atoms with Gasteiger partial charge in [0.25, 0.3) is 0 Å². The lowest BCUT2D eigenvalue weighted by molar-refractivity contribution is -0.116. The molecule has 0 aliphatic rings. The van der Waals surface area contributed by atoms with Crippen molar-refractivity contribution in [2.45, 2.75) is 13.3 Å². The highest BCUT2D eigenvalue weighted by atomic mass is 79.9. The number of hydrogen-bond acceptors (Lipinski definition) is 3. The molecule has 0 atom stereocenters. The Morgan fingerprint density at radius 2 is 1.73 bits per heavy atom. The lowest BCUT2D eigenvalue weighted by Gasteiger charge is -2.05. The fourth-order valence-electron chi connectivity index (χ4n) is 1.65. The van der Waals surface area contributed by atoms with Crippen LogP contribution in [0.1, 0.15) is 18.2 Å². The lowest BCUT2D eigenvalue weighted by Crippen LogP contribution is -2.10. The topological polar surface area (TPSA) is 58.2 Å². The molecule has 6 heteroatoms. The standard InChI is InChI=1S/C16H15BrN2O2S/c1-2-15(20)18-11-3-5-12(6-4-11)19-16(21)10-8-13-7-9-14(17)22-13/h3-10H,2H2,1H3,(H,18,20)(H,19,21)/b10-8+.